The van der Waals surface area contributed by atoms with Crippen molar-refractivity contribution < 1.29 is 22.6 Å². The zero-order valence-corrected chi connectivity index (χ0v) is 10.3. The van der Waals surface area contributed by atoms with Crippen LogP contribution < -0.4 is 5.73 Å². The molecular weight excluding hydrogens is 256 g/mol. The van der Waals surface area contributed by atoms with Gasteiger partial charge in [0.1, 0.15) is 6.54 Å². The lowest BCUT2D eigenvalue weighted by molar-refractivity contribution is -0.127. The van der Waals surface area contributed by atoms with E-state index in [1.54, 1.807) is 6.26 Å². The second-order valence-corrected chi connectivity index (χ2v) is 5.18. The molecule has 0 heterocycles. The summed E-state index contributed by atoms with van der Waals surface area (Å²) >= 11 is 1.44. The smallest absolute Gasteiger partial charge is 0.320 e. The van der Waals surface area contributed by atoms with E-state index < -0.39 is 28.8 Å². The van der Waals surface area contributed by atoms with Crippen LogP contribution in [0.1, 0.15) is 6.42 Å². The van der Waals surface area contributed by atoms with Gasteiger partial charge in [0.05, 0.1) is 6.04 Å². The molecule has 0 saturated carbocycles. The minimum Gasteiger partial charge on any atom is -0.320 e. The first-order chi connectivity index (χ1) is 7.34. The zero-order valence-electron chi connectivity index (χ0n) is 8.62. The number of hydrogen-bond donors (Lipinski definition) is 2. The van der Waals surface area contributed by atoms with E-state index in [0.29, 0.717) is 5.75 Å². The van der Waals surface area contributed by atoms with E-state index in [1.807, 2.05) is 0 Å². The lowest BCUT2D eigenvalue weighted by Crippen LogP contribution is -2.47. The van der Waals surface area contributed by atoms with Crippen LogP contribution in [-0.2, 0) is 19.9 Å². The van der Waals surface area contributed by atoms with Gasteiger partial charge in [-0.2, -0.15) is 20.2 Å². The lowest BCUT2D eigenvalue weighted by Gasteiger charge is -2.19. The van der Waals surface area contributed by atoms with Crippen LogP contribution in [-0.4, -0.2) is 54.1 Å². The first-order valence-corrected chi connectivity index (χ1v) is 7.02. The Balaban J connectivity index is 4.68. The molecule has 0 fully saturated rings. The van der Waals surface area contributed by atoms with Crippen molar-refractivity contribution in [2.24, 2.45) is 5.73 Å². The van der Waals surface area contributed by atoms with Crippen molar-refractivity contribution in [1.29, 1.82) is 0 Å². The minimum absolute atomic E-state index is 0.00495. The van der Waals surface area contributed by atoms with Crippen LogP contribution in [0.15, 0.2) is 0 Å². The predicted molar refractivity (Wildman–Crippen MR) is 59.9 cm³/mol. The molecule has 7 nitrogen and oxygen atoms in total. The van der Waals surface area contributed by atoms with Crippen LogP contribution in [0, 0.1) is 0 Å². The maximum Gasteiger partial charge on any atom is 0.362 e. The van der Waals surface area contributed by atoms with Gasteiger partial charge in [0.15, 0.2) is 0 Å². The summed E-state index contributed by atoms with van der Waals surface area (Å²) in [4.78, 5) is 21.5. The molecule has 9 heteroatoms. The highest BCUT2D eigenvalue weighted by Gasteiger charge is 2.29. The molecule has 0 aliphatic heterocycles. The molecule has 1 radical (unpaired) electrons. The normalized spacial score (nSPS) is 13.2. The molecule has 3 N–H and O–H groups in total. The summed E-state index contributed by atoms with van der Waals surface area (Å²) in [5.74, 6) is -0.447. The average Bonchev–Trinajstić information content (AvgIpc) is 2.19. The fraction of sp³-hybridized carbons (Fsp3) is 0.714. The number of nitrogens with two attached hydrogens (primary N) is 1. The number of thioether (sulfide) groups is 1. The van der Waals surface area contributed by atoms with Gasteiger partial charge in [-0.15, -0.1) is 0 Å². The molecule has 0 aromatic rings. The second kappa shape index (κ2) is 6.84. The van der Waals surface area contributed by atoms with Gasteiger partial charge in [-0.25, -0.2) is 4.31 Å². The number of nitrogens with zero attached hydrogens (tertiary/aromatic N) is 1. The molecule has 0 spiro atoms. The molecule has 1 unspecified atom stereocenters. The first-order valence-electron chi connectivity index (χ1n) is 4.23. The van der Waals surface area contributed by atoms with E-state index in [-0.39, 0.29) is 10.7 Å². The second-order valence-electron chi connectivity index (χ2n) is 2.85. The van der Waals surface area contributed by atoms with Crippen molar-refractivity contribution in [2.75, 3.05) is 18.6 Å². The zero-order chi connectivity index (χ0) is 12.8. The SMILES string of the molecule is CSCCC(N)C(=O)N(C[C]=O)S(=O)(=O)O. The van der Waals surface area contributed by atoms with Crippen molar-refractivity contribution in [3.05, 3.63) is 0 Å². The summed E-state index contributed by atoms with van der Waals surface area (Å²) in [5.41, 5.74) is 5.42. The number of carbonyl (C=O) groups excluding carboxylic acids is 2. The van der Waals surface area contributed by atoms with Gasteiger partial charge >= 0.3 is 10.3 Å². The molecule has 0 bridgehead atoms. The van der Waals surface area contributed by atoms with Gasteiger partial charge in [-0.1, -0.05) is 0 Å². The molecule has 1 atom stereocenters. The Kier molecular flexibility index (Phi) is 6.56. The van der Waals surface area contributed by atoms with Crippen molar-refractivity contribution in [1.82, 2.24) is 4.31 Å². The van der Waals surface area contributed by atoms with E-state index in [4.69, 9.17) is 10.3 Å². The summed E-state index contributed by atoms with van der Waals surface area (Å²) in [6, 6.07) is -1.07. The van der Waals surface area contributed by atoms with Crippen molar-refractivity contribution in [2.45, 2.75) is 12.5 Å². The Hall–Kier alpha value is -0.640. The molecule has 93 valence electrons. The predicted octanol–water partition coefficient (Wildman–Crippen LogP) is -1.19. The van der Waals surface area contributed by atoms with Crippen LogP contribution in [0.25, 0.3) is 0 Å². The molecule has 0 aromatic carbocycles. The molecular formula is C7H13N2O5S2. The standard InChI is InChI=1S/C7H13N2O5S2/c1-15-5-2-6(8)7(11)9(3-4-10)16(12,13)14/h6H,2-3,5,8H2,1H3,(H,12,13,14). The Labute approximate surface area is 98.2 Å². The molecule has 16 heavy (non-hydrogen) atoms. The molecule has 0 aliphatic rings. The van der Waals surface area contributed by atoms with Gasteiger partial charge in [-0.05, 0) is 18.4 Å². The van der Waals surface area contributed by atoms with Crippen LogP contribution in [0.5, 0.6) is 0 Å². The topological polar surface area (TPSA) is 118 Å². The van der Waals surface area contributed by atoms with Crippen LogP contribution in [0.3, 0.4) is 0 Å². The highest BCUT2D eigenvalue weighted by molar-refractivity contribution is 7.98. The van der Waals surface area contributed by atoms with Crippen molar-refractivity contribution >= 4 is 34.3 Å². The van der Waals surface area contributed by atoms with Gasteiger partial charge in [0.2, 0.25) is 6.29 Å². The Morgan fingerprint density at radius 2 is 2.19 bits per heavy atom. The quantitative estimate of drug-likeness (QED) is 0.558. The van der Waals surface area contributed by atoms with Gasteiger partial charge in [-0.3, -0.25) is 14.1 Å². The molecule has 1 amide bonds. The summed E-state index contributed by atoms with van der Waals surface area (Å²) in [7, 11) is -4.76. The molecule has 0 aliphatic carbocycles. The maximum absolute atomic E-state index is 11.5. The molecule has 0 saturated heterocycles. The third kappa shape index (κ3) is 4.92. The summed E-state index contributed by atoms with van der Waals surface area (Å²) in [6.07, 6.45) is 3.28. The van der Waals surface area contributed by atoms with Gasteiger partial charge in [0, 0.05) is 0 Å². The maximum atomic E-state index is 11.5. The van der Waals surface area contributed by atoms with Crippen LogP contribution in [0.4, 0.5) is 0 Å². The fourth-order valence-corrected chi connectivity index (χ4v) is 1.95. The van der Waals surface area contributed by atoms with Crippen LogP contribution >= 0.6 is 11.8 Å². The average molecular weight is 269 g/mol. The van der Waals surface area contributed by atoms with Gasteiger partial charge < -0.3 is 5.73 Å². The van der Waals surface area contributed by atoms with Crippen LogP contribution in [0.2, 0.25) is 0 Å². The largest absolute Gasteiger partial charge is 0.362 e. The highest BCUT2D eigenvalue weighted by Crippen LogP contribution is 2.05. The number of rotatable bonds is 7. The highest BCUT2D eigenvalue weighted by atomic mass is 32.2. The Bertz CT molecular complexity index is 343. The molecule has 0 rings (SSSR count). The Morgan fingerprint density at radius 1 is 1.62 bits per heavy atom. The number of hydrogen-bond acceptors (Lipinski definition) is 6. The monoisotopic (exact) mass is 269 g/mol. The summed E-state index contributed by atoms with van der Waals surface area (Å²) < 4.78 is 30.2. The van der Waals surface area contributed by atoms with Crippen molar-refractivity contribution in [3.63, 3.8) is 0 Å². The van der Waals surface area contributed by atoms with E-state index in [0.717, 1.165) is 0 Å². The Morgan fingerprint density at radius 3 is 2.56 bits per heavy atom. The number of carbonyl (C=O) groups is 1. The third-order valence-electron chi connectivity index (χ3n) is 1.68. The van der Waals surface area contributed by atoms with E-state index >= 15 is 0 Å². The minimum atomic E-state index is -4.76. The van der Waals surface area contributed by atoms with Crippen molar-refractivity contribution in [3.8, 4) is 0 Å². The van der Waals surface area contributed by atoms with E-state index in [2.05, 4.69) is 0 Å². The van der Waals surface area contributed by atoms with E-state index in [1.165, 1.54) is 18.0 Å². The first kappa shape index (κ1) is 15.4. The fourth-order valence-electron chi connectivity index (χ4n) is 0.885. The summed E-state index contributed by atoms with van der Waals surface area (Å²) in [5, 5.41) is 0. The molecule has 0 aromatic heterocycles. The van der Waals surface area contributed by atoms with E-state index in [9.17, 15) is 18.0 Å². The van der Waals surface area contributed by atoms with Gasteiger partial charge in [0.25, 0.3) is 5.91 Å². The lowest BCUT2D eigenvalue weighted by atomic mass is 10.2. The third-order valence-corrected chi connectivity index (χ3v) is 3.19. The number of amides is 1. The summed E-state index contributed by atoms with van der Waals surface area (Å²) in [6.45, 7) is -0.857.